The maximum atomic E-state index is 10.3. The minimum atomic E-state index is -0.713. The van der Waals surface area contributed by atoms with Crippen LogP contribution in [0.1, 0.15) is 0 Å². The van der Waals surface area contributed by atoms with Crippen LogP contribution >= 0.6 is 0 Å². The third kappa shape index (κ3) is 3.69. The first-order valence-electron chi connectivity index (χ1n) is 2.49. The van der Waals surface area contributed by atoms with Gasteiger partial charge in [0.05, 0.1) is 0 Å². The minimum absolute atomic E-state index is 0.125. The lowest BCUT2D eigenvalue weighted by Crippen LogP contribution is -2.34. The smallest absolute Gasteiger partial charge is 0.331 e. The summed E-state index contributed by atoms with van der Waals surface area (Å²) < 4.78 is 4.44. The second-order valence-electron chi connectivity index (χ2n) is 1.42. The summed E-state index contributed by atoms with van der Waals surface area (Å²) in [5, 5.41) is 0. The molecular formula is C5H10N2O2. The van der Waals surface area contributed by atoms with Gasteiger partial charge in [0.15, 0.2) is 6.23 Å². The highest BCUT2D eigenvalue weighted by Crippen LogP contribution is 1.81. The van der Waals surface area contributed by atoms with Gasteiger partial charge in [-0.25, -0.2) is 4.79 Å². The largest absolute Gasteiger partial charge is 0.442 e. The summed E-state index contributed by atoms with van der Waals surface area (Å²) in [6.07, 6.45) is 0.325. The van der Waals surface area contributed by atoms with E-state index in [0.29, 0.717) is 0 Å². The molecule has 1 unspecified atom stereocenters. The fourth-order valence-electron chi connectivity index (χ4n) is 0.245. The van der Waals surface area contributed by atoms with Crippen LogP contribution in [0.25, 0.3) is 0 Å². The van der Waals surface area contributed by atoms with Crippen molar-refractivity contribution in [2.75, 3.05) is 6.54 Å². The SMILES string of the molecule is C=CC(=O)OC(N)CN. The molecule has 9 heavy (non-hydrogen) atoms. The van der Waals surface area contributed by atoms with E-state index < -0.39 is 12.2 Å². The maximum absolute atomic E-state index is 10.3. The Bertz CT molecular complexity index is 114. The topological polar surface area (TPSA) is 78.3 Å². The molecule has 0 aliphatic heterocycles. The van der Waals surface area contributed by atoms with Crippen molar-refractivity contribution in [1.82, 2.24) is 0 Å². The van der Waals surface area contributed by atoms with E-state index in [1.165, 1.54) is 0 Å². The molecule has 4 nitrogen and oxygen atoms in total. The molecule has 52 valence electrons. The Morgan fingerprint density at radius 1 is 1.89 bits per heavy atom. The number of hydrogen-bond acceptors (Lipinski definition) is 4. The number of rotatable bonds is 3. The highest BCUT2D eigenvalue weighted by Gasteiger charge is 2.01. The molecule has 0 aromatic carbocycles. The number of esters is 1. The predicted octanol–water partition coefficient (Wildman–Crippen LogP) is -1.04. The molecule has 0 saturated carbocycles. The van der Waals surface area contributed by atoms with E-state index in [0.717, 1.165) is 6.08 Å². The quantitative estimate of drug-likeness (QED) is 0.290. The number of carbonyl (C=O) groups is 1. The van der Waals surface area contributed by atoms with Crippen LogP contribution in [0.5, 0.6) is 0 Å². The van der Waals surface area contributed by atoms with Crippen LogP contribution < -0.4 is 11.5 Å². The molecule has 0 heterocycles. The Kier molecular flexibility index (Phi) is 3.66. The van der Waals surface area contributed by atoms with Crippen LogP contribution in [0.15, 0.2) is 12.7 Å². The maximum Gasteiger partial charge on any atom is 0.331 e. The standard InChI is InChI=1S/C5H10N2O2/c1-2-5(8)9-4(7)3-6/h2,4H,1,3,6-7H2. The van der Waals surface area contributed by atoms with E-state index in [2.05, 4.69) is 11.3 Å². The van der Waals surface area contributed by atoms with Gasteiger partial charge in [0.1, 0.15) is 0 Å². The van der Waals surface area contributed by atoms with Gasteiger partial charge in [-0.1, -0.05) is 6.58 Å². The van der Waals surface area contributed by atoms with Gasteiger partial charge in [-0.05, 0) is 0 Å². The normalized spacial score (nSPS) is 12.2. The molecule has 0 radical (unpaired) electrons. The second-order valence-corrected chi connectivity index (χ2v) is 1.42. The third-order valence-corrected chi connectivity index (χ3v) is 0.667. The van der Waals surface area contributed by atoms with Crippen LogP contribution in [-0.4, -0.2) is 18.7 Å². The van der Waals surface area contributed by atoms with Crippen LogP contribution in [0.4, 0.5) is 0 Å². The number of hydrogen-bond donors (Lipinski definition) is 2. The monoisotopic (exact) mass is 130 g/mol. The van der Waals surface area contributed by atoms with E-state index in [1.807, 2.05) is 0 Å². The molecule has 0 fully saturated rings. The number of ether oxygens (including phenoxy) is 1. The Morgan fingerprint density at radius 2 is 2.44 bits per heavy atom. The molecule has 0 amide bonds. The Morgan fingerprint density at radius 3 is 2.78 bits per heavy atom. The molecule has 4 heteroatoms. The van der Waals surface area contributed by atoms with Crippen molar-refractivity contribution in [3.8, 4) is 0 Å². The highest BCUT2D eigenvalue weighted by molar-refractivity contribution is 5.81. The molecule has 0 spiro atoms. The van der Waals surface area contributed by atoms with Crippen LogP contribution in [-0.2, 0) is 9.53 Å². The molecular weight excluding hydrogens is 120 g/mol. The van der Waals surface area contributed by atoms with Crippen molar-refractivity contribution in [2.24, 2.45) is 11.5 Å². The van der Waals surface area contributed by atoms with E-state index in [-0.39, 0.29) is 6.54 Å². The molecule has 4 N–H and O–H groups in total. The first kappa shape index (κ1) is 8.13. The third-order valence-electron chi connectivity index (χ3n) is 0.667. The van der Waals surface area contributed by atoms with Crippen molar-refractivity contribution in [3.63, 3.8) is 0 Å². The average molecular weight is 130 g/mol. The first-order chi connectivity index (χ1) is 4.20. The van der Waals surface area contributed by atoms with Crippen LogP contribution in [0, 0.1) is 0 Å². The van der Waals surface area contributed by atoms with Crippen molar-refractivity contribution < 1.29 is 9.53 Å². The summed E-state index contributed by atoms with van der Waals surface area (Å²) >= 11 is 0. The van der Waals surface area contributed by atoms with Gasteiger partial charge in [0.2, 0.25) is 0 Å². The van der Waals surface area contributed by atoms with Gasteiger partial charge in [-0.2, -0.15) is 0 Å². The van der Waals surface area contributed by atoms with Gasteiger partial charge in [-0.15, -0.1) is 0 Å². The zero-order chi connectivity index (χ0) is 7.28. The number of nitrogens with two attached hydrogens (primary N) is 2. The first-order valence-corrected chi connectivity index (χ1v) is 2.49. The van der Waals surface area contributed by atoms with Crippen molar-refractivity contribution in [2.45, 2.75) is 6.23 Å². The lowest BCUT2D eigenvalue weighted by atomic mass is 10.6. The van der Waals surface area contributed by atoms with Gasteiger partial charge in [0.25, 0.3) is 0 Å². The van der Waals surface area contributed by atoms with Crippen LogP contribution in [0.3, 0.4) is 0 Å². The lowest BCUT2D eigenvalue weighted by molar-refractivity contribution is -0.142. The summed E-state index contributed by atoms with van der Waals surface area (Å²) in [5.41, 5.74) is 10.2. The summed E-state index contributed by atoms with van der Waals surface area (Å²) in [7, 11) is 0. The molecule has 0 bridgehead atoms. The average Bonchev–Trinajstić information content (AvgIpc) is 1.87. The Labute approximate surface area is 53.5 Å². The molecule has 0 aliphatic carbocycles. The summed E-state index contributed by atoms with van der Waals surface area (Å²) in [6.45, 7) is 3.30. The zero-order valence-corrected chi connectivity index (χ0v) is 5.04. The van der Waals surface area contributed by atoms with E-state index in [4.69, 9.17) is 11.5 Å². The van der Waals surface area contributed by atoms with Crippen molar-refractivity contribution >= 4 is 5.97 Å². The summed E-state index contributed by atoms with van der Waals surface area (Å²) in [5.74, 6) is -0.548. The molecule has 1 atom stereocenters. The van der Waals surface area contributed by atoms with E-state index >= 15 is 0 Å². The van der Waals surface area contributed by atoms with Crippen molar-refractivity contribution in [1.29, 1.82) is 0 Å². The highest BCUT2D eigenvalue weighted by atomic mass is 16.6. The fraction of sp³-hybridized carbons (Fsp3) is 0.400. The van der Waals surface area contributed by atoms with Gasteiger partial charge < -0.3 is 10.5 Å². The van der Waals surface area contributed by atoms with Crippen molar-refractivity contribution in [3.05, 3.63) is 12.7 Å². The zero-order valence-electron chi connectivity index (χ0n) is 5.04. The summed E-state index contributed by atoms with van der Waals surface area (Å²) in [4.78, 5) is 10.3. The fourth-order valence-corrected chi connectivity index (χ4v) is 0.245. The molecule has 0 aromatic rings. The minimum Gasteiger partial charge on any atom is -0.442 e. The second kappa shape index (κ2) is 4.05. The van der Waals surface area contributed by atoms with Gasteiger partial charge >= 0.3 is 5.97 Å². The molecule has 0 aliphatic rings. The van der Waals surface area contributed by atoms with Crippen LogP contribution in [0.2, 0.25) is 0 Å². The Balaban J connectivity index is 3.46. The van der Waals surface area contributed by atoms with Gasteiger partial charge in [-0.3, -0.25) is 5.73 Å². The van der Waals surface area contributed by atoms with E-state index in [1.54, 1.807) is 0 Å². The molecule has 0 saturated heterocycles. The predicted molar refractivity (Wildman–Crippen MR) is 33.3 cm³/mol. The van der Waals surface area contributed by atoms with E-state index in [9.17, 15) is 4.79 Å². The molecule has 0 aromatic heterocycles. The lowest BCUT2D eigenvalue weighted by Gasteiger charge is -2.06. The van der Waals surface area contributed by atoms with Gasteiger partial charge in [0, 0.05) is 12.6 Å². The number of carbonyl (C=O) groups excluding carboxylic acids is 1. The summed E-state index contributed by atoms with van der Waals surface area (Å²) in [6, 6.07) is 0. The molecule has 0 rings (SSSR count). The Hall–Kier alpha value is -0.870.